The van der Waals surface area contributed by atoms with E-state index in [1.807, 2.05) is 0 Å². The van der Waals surface area contributed by atoms with Gasteiger partial charge in [0, 0.05) is 18.6 Å². The number of carboxylic acid groups (broad SMARTS) is 1. The van der Waals surface area contributed by atoms with E-state index >= 15 is 0 Å². The third-order valence-electron chi connectivity index (χ3n) is 4.73. The lowest BCUT2D eigenvalue weighted by Gasteiger charge is -2.48. The number of ether oxygens (including phenoxy) is 1. The van der Waals surface area contributed by atoms with Gasteiger partial charge in [0.1, 0.15) is 0 Å². The number of hydrogen-bond donors (Lipinski definition) is 1. The van der Waals surface area contributed by atoms with Gasteiger partial charge in [-0.3, -0.25) is 9.69 Å². The molecule has 0 bridgehead atoms. The summed E-state index contributed by atoms with van der Waals surface area (Å²) in [4.78, 5) is 13.6. The van der Waals surface area contributed by atoms with Crippen LogP contribution >= 0.6 is 0 Å². The van der Waals surface area contributed by atoms with Gasteiger partial charge in [-0.1, -0.05) is 19.3 Å². The van der Waals surface area contributed by atoms with Crippen LogP contribution in [-0.4, -0.2) is 47.8 Å². The van der Waals surface area contributed by atoms with Gasteiger partial charge in [-0.25, -0.2) is 0 Å². The van der Waals surface area contributed by atoms with Crippen LogP contribution in [0.25, 0.3) is 0 Å². The van der Waals surface area contributed by atoms with Crippen molar-refractivity contribution in [3.63, 3.8) is 0 Å². The zero-order valence-electron chi connectivity index (χ0n) is 11.4. The maximum Gasteiger partial charge on any atom is 0.305 e. The van der Waals surface area contributed by atoms with Crippen LogP contribution in [0.1, 0.15) is 45.4 Å². The van der Waals surface area contributed by atoms with Gasteiger partial charge in [-0.05, 0) is 25.7 Å². The molecule has 1 saturated heterocycles. The molecular weight excluding hydrogens is 230 g/mol. The summed E-state index contributed by atoms with van der Waals surface area (Å²) in [5.41, 5.74) is -0.184. The quantitative estimate of drug-likeness (QED) is 0.836. The highest BCUT2D eigenvalue weighted by atomic mass is 16.5. The second kappa shape index (κ2) is 6.02. The van der Waals surface area contributed by atoms with Crippen LogP contribution in [0.2, 0.25) is 0 Å². The van der Waals surface area contributed by atoms with Crippen molar-refractivity contribution in [2.75, 3.05) is 26.3 Å². The highest BCUT2D eigenvalue weighted by Crippen LogP contribution is 2.39. The van der Waals surface area contributed by atoms with Crippen LogP contribution in [0.15, 0.2) is 0 Å². The summed E-state index contributed by atoms with van der Waals surface area (Å²) >= 11 is 0. The summed E-state index contributed by atoms with van der Waals surface area (Å²) < 4.78 is 5.40. The molecule has 2 aliphatic rings. The molecule has 0 spiro atoms. The van der Waals surface area contributed by atoms with Crippen molar-refractivity contribution < 1.29 is 14.6 Å². The average molecular weight is 255 g/mol. The van der Waals surface area contributed by atoms with Crippen LogP contribution < -0.4 is 0 Å². The standard InChI is InChI=1S/C14H25NO3/c1-14(11-13(16)17,12-5-3-2-4-6-12)15-7-9-18-10-8-15/h12H,2-11H2,1H3,(H,16,17). The molecule has 104 valence electrons. The molecule has 1 atom stereocenters. The third-order valence-corrected chi connectivity index (χ3v) is 4.73. The number of morpholine rings is 1. The second-order valence-electron chi connectivity index (χ2n) is 5.86. The summed E-state index contributed by atoms with van der Waals surface area (Å²) in [7, 11) is 0. The highest BCUT2D eigenvalue weighted by Gasteiger charge is 2.42. The van der Waals surface area contributed by atoms with E-state index in [-0.39, 0.29) is 12.0 Å². The van der Waals surface area contributed by atoms with E-state index in [4.69, 9.17) is 4.74 Å². The summed E-state index contributed by atoms with van der Waals surface area (Å²) in [6.45, 7) is 5.38. The van der Waals surface area contributed by atoms with E-state index in [0.29, 0.717) is 5.92 Å². The number of aliphatic carboxylic acids is 1. The SMILES string of the molecule is CC(CC(=O)O)(C1CCCCC1)N1CCOCC1. The predicted octanol–water partition coefficient (Wildman–Crippen LogP) is 2.13. The number of carboxylic acids is 1. The molecule has 0 radical (unpaired) electrons. The van der Waals surface area contributed by atoms with E-state index in [2.05, 4.69) is 11.8 Å². The second-order valence-corrected chi connectivity index (χ2v) is 5.86. The molecule has 2 rings (SSSR count). The Labute approximate surface area is 109 Å². The maximum absolute atomic E-state index is 11.2. The lowest BCUT2D eigenvalue weighted by molar-refractivity contribution is -0.143. The summed E-state index contributed by atoms with van der Waals surface area (Å²) in [5.74, 6) is -0.144. The maximum atomic E-state index is 11.2. The smallest absolute Gasteiger partial charge is 0.305 e. The Bertz CT molecular complexity index is 263. The molecule has 1 aliphatic carbocycles. The minimum absolute atomic E-state index is 0.184. The van der Waals surface area contributed by atoms with Crippen LogP contribution in [0.3, 0.4) is 0 Å². The van der Waals surface area contributed by atoms with E-state index < -0.39 is 5.97 Å². The molecule has 18 heavy (non-hydrogen) atoms. The fourth-order valence-electron chi connectivity index (χ4n) is 3.62. The van der Waals surface area contributed by atoms with Crippen molar-refractivity contribution in [2.45, 2.75) is 51.0 Å². The van der Waals surface area contributed by atoms with E-state index in [0.717, 1.165) is 26.3 Å². The van der Waals surface area contributed by atoms with Gasteiger partial charge in [0.15, 0.2) is 0 Å². The van der Waals surface area contributed by atoms with Crippen molar-refractivity contribution >= 4 is 5.97 Å². The van der Waals surface area contributed by atoms with Crippen LogP contribution in [0.5, 0.6) is 0 Å². The van der Waals surface area contributed by atoms with Gasteiger partial charge < -0.3 is 9.84 Å². The van der Waals surface area contributed by atoms with Gasteiger partial charge in [0.2, 0.25) is 0 Å². The minimum atomic E-state index is -0.672. The Morgan fingerprint density at radius 2 is 1.89 bits per heavy atom. The Hall–Kier alpha value is -0.610. The summed E-state index contributed by atoms with van der Waals surface area (Å²) in [6.07, 6.45) is 6.44. The summed E-state index contributed by atoms with van der Waals surface area (Å²) in [6, 6.07) is 0. The zero-order chi connectivity index (χ0) is 13.0. The lowest BCUT2D eigenvalue weighted by Crippen LogP contribution is -2.57. The van der Waals surface area contributed by atoms with Gasteiger partial charge >= 0.3 is 5.97 Å². The van der Waals surface area contributed by atoms with Gasteiger partial charge in [-0.15, -0.1) is 0 Å². The molecule has 1 N–H and O–H groups in total. The van der Waals surface area contributed by atoms with Crippen molar-refractivity contribution in [3.05, 3.63) is 0 Å². The number of rotatable bonds is 4. The van der Waals surface area contributed by atoms with E-state index in [9.17, 15) is 9.90 Å². The van der Waals surface area contributed by atoms with Crippen molar-refractivity contribution in [3.8, 4) is 0 Å². The van der Waals surface area contributed by atoms with Crippen molar-refractivity contribution in [1.29, 1.82) is 0 Å². The topological polar surface area (TPSA) is 49.8 Å². The van der Waals surface area contributed by atoms with Crippen molar-refractivity contribution in [2.24, 2.45) is 5.92 Å². The van der Waals surface area contributed by atoms with E-state index in [1.165, 1.54) is 32.1 Å². The molecule has 0 aromatic carbocycles. The first kappa shape index (κ1) is 13.8. The third kappa shape index (κ3) is 3.04. The largest absolute Gasteiger partial charge is 0.481 e. The normalized spacial score (nSPS) is 26.7. The molecule has 1 aliphatic heterocycles. The minimum Gasteiger partial charge on any atom is -0.481 e. The van der Waals surface area contributed by atoms with Crippen LogP contribution in [0, 0.1) is 5.92 Å². The fraction of sp³-hybridized carbons (Fsp3) is 0.929. The molecule has 0 aromatic heterocycles. The van der Waals surface area contributed by atoms with Crippen LogP contribution in [-0.2, 0) is 9.53 Å². The van der Waals surface area contributed by atoms with Crippen LogP contribution in [0.4, 0.5) is 0 Å². The van der Waals surface area contributed by atoms with Crippen molar-refractivity contribution in [1.82, 2.24) is 4.90 Å². The monoisotopic (exact) mass is 255 g/mol. The van der Waals surface area contributed by atoms with Gasteiger partial charge in [0.25, 0.3) is 0 Å². The molecular formula is C14H25NO3. The first-order valence-electron chi connectivity index (χ1n) is 7.17. The Kier molecular flexibility index (Phi) is 4.62. The first-order valence-corrected chi connectivity index (χ1v) is 7.17. The molecule has 1 heterocycles. The first-order chi connectivity index (χ1) is 8.63. The van der Waals surface area contributed by atoms with Gasteiger partial charge in [-0.2, -0.15) is 0 Å². The molecule has 4 nitrogen and oxygen atoms in total. The molecule has 1 saturated carbocycles. The van der Waals surface area contributed by atoms with Gasteiger partial charge in [0.05, 0.1) is 19.6 Å². The molecule has 0 amide bonds. The fourth-order valence-corrected chi connectivity index (χ4v) is 3.62. The zero-order valence-corrected chi connectivity index (χ0v) is 11.4. The molecule has 0 aromatic rings. The summed E-state index contributed by atoms with van der Waals surface area (Å²) in [5, 5.41) is 9.25. The molecule has 1 unspecified atom stereocenters. The molecule has 2 fully saturated rings. The average Bonchev–Trinajstić information content (AvgIpc) is 2.40. The highest BCUT2D eigenvalue weighted by molar-refractivity contribution is 5.68. The predicted molar refractivity (Wildman–Crippen MR) is 69.6 cm³/mol. The Balaban J connectivity index is 2.11. The number of nitrogens with zero attached hydrogens (tertiary/aromatic N) is 1. The Morgan fingerprint density at radius 3 is 2.44 bits per heavy atom. The number of hydrogen-bond acceptors (Lipinski definition) is 3. The number of carbonyl (C=O) groups is 1. The molecule has 4 heteroatoms. The van der Waals surface area contributed by atoms with E-state index in [1.54, 1.807) is 0 Å². The lowest BCUT2D eigenvalue weighted by atomic mass is 9.72. The Morgan fingerprint density at radius 1 is 1.28 bits per heavy atom.